The fourth-order valence-electron chi connectivity index (χ4n) is 3.80. The first-order valence-corrected chi connectivity index (χ1v) is 10.1. The molecule has 5 nitrogen and oxygen atoms in total. The summed E-state index contributed by atoms with van der Waals surface area (Å²) in [5, 5.41) is 0. The summed E-state index contributed by atoms with van der Waals surface area (Å²) < 4.78 is 16.0. The van der Waals surface area contributed by atoms with Crippen LogP contribution in [-0.2, 0) is 19.5 Å². The zero-order valence-corrected chi connectivity index (χ0v) is 17.2. The molecule has 0 spiro atoms. The molecule has 5 heteroatoms. The van der Waals surface area contributed by atoms with Crippen LogP contribution in [0.1, 0.15) is 34.2 Å². The van der Waals surface area contributed by atoms with E-state index in [1.54, 1.807) is 0 Å². The fourth-order valence-corrected chi connectivity index (χ4v) is 3.80. The number of rotatable bonds is 6. The minimum absolute atomic E-state index is 0.0892. The van der Waals surface area contributed by atoms with E-state index in [-0.39, 0.29) is 11.9 Å². The average molecular weight is 391 g/mol. The lowest BCUT2D eigenvalue weighted by molar-refractivity contribution is -0.683. The van der Waals surface area contributed by atoms with Crippen molar-refractivity contribution >= 4 is 5.78 Å². The molecule has 1 aliphatic heterocycles. The van der Waals surface area contributed by atoms with Crippen LogP contribution in [0.3, 0.4) is 0 Å². The Morgan fingerprint density at radius 1 is 1.14 bits per heavy atom. The fraction of sp³-hybridized carbons (Fsp3) is 0.333. The van der Waals surface area contributed by atoms with Crippen LogP contribution in [0.25, 0.3) is 0 Å². The van der Waals surface area contributed by atoms with Gasteiger partial charge in [-0.2, -0.15) is 4.57 Å². The Kier molecular flexibility index (Phi) is 5.38. The number of para-hydroxylation sites is 2. The number of fused-ring (bicyclic) bond motifs is 1. The van der Waals surface area contributed by atoms with Crippen LogP contribution >= 0.6 is 0 Å². The molecular formula is C24H27N2O3+. The second-order valence-corrected chi connectivity index (χ2v) is 7.55. The van der Waals surface area contributed by atoms with Gasteiger partial charge in [0.2, 0.25) is 12.3 Å². The number of carbonyl (C=O) groups is 1. The maximum Gasteiger partial charge on any atom is 0.229 e. The monoisotopic (exact) mass is 391 g/mol. The van der Waals surface area contributed by atoms with Crippen molar-refractivity contribution in [2.24, 2.45) is 0 Å². The molecule has 0 unspecified atom stereocenters. The molecule has 0 amide bonds. The number of Topliss-reactive ketones (excluding diaryl/α,β-unsaturated/α-hetero) is 1. The molecule has 4 rings (SSSR count). The van der Waals surface area contributed by atoms with Gasteiger partial charge in [0.15, 0.2) is 30.0 Å². The van der Waals surface area contributed by atoms with E-state index in [2.05, 4.69) is 23.6 Å². The Morgan fingerprint density at radius 2 is 1.86 bits per heavy atom. The molecule has 1 atom stereocenters. The number of pyridine rings is 1. The number of hydrogen-bond donors (Lipinski definition) is 0. The molecule has 1 aromatic carbocycles. The van der Waals surface area contributed by atoms with Crippen LogP contribution in [0.2, 0.25) is 0 Å². The quantitative estimate of drug-likeness (QED) is 0.476. The van der Waals surface area contributed by atoms with Crippen LogP contribution in [0.5, 0.6) is 11.5 Å². The maximum atomic E-state index is 12.9. The van der Waals surface area contributed by atoms with Gasteiger partial charge >= 0.3 is 0 Å². The lowest BCUT2D eigenvalue weighted by Crippen LogP contribution is -2.37. The summed E-state index contributed by atoms with van der Waals surface area (Å²) in [7, 11) is 0. The lowest BCUT2D eigenvalue weighted by atomic mass is 10.1. The van der Waals surface area contributed by atoms with E-state index in [0.29, 0.717) is 19.7 Å². The maximum absolute atomic E-state index is 12.9. The second-order valence-electron chi connectivity index (χ2n) is 7.55. The van der Waals surface area contributed by atoms with Gasteiger partial charge in [-0.3, -0.25) is 4.79 Å². The number of aryl methyl sites for hydroxylation is 2. The van der Waals surface area contributed by atoms with Crippen molar-refractivity contribution in [3.63, 3.8) is 0 Å². The smallest absolute Gasteiger partial charge is 0.229 e. The van der Waals surface area contributed by atoms with E-state index in [1.165, 1.54) is 5.56 Å². The van der Waals surface area contributed by atoms with Crippen molar-refractivity contribution < 1.29 is 18.8 Å². The summed E-state index contributed by atoms with van der Waals surface area (Å²) in [5.41, 5.74) is 4.07. The first-order chi connectivity index (χ1) is 14.0. The minimum Gasteiger partial charge on any atom is -0.486 e. The van der Waals surface area contributed by atoms with E-state index < -0.39 is 0 Å². The van der Waals surface area contributed by atoms with Gasteiger partial charge < -0.3 is 14.0 Å². The van der Waals surface area contributed by atoms with Gasteiger partial charge in [-0.1, -0.05) is 19.1 Å². The van der Waals surface area contributed by atoms with Gasteiger partial charge in [0.1, 0.15) is 6.61 Å². The second kappa shape index (κ2) is 8.11. The van der Waals surface area contributed by atoms with Crippen molar-refractivity contribution in [1.82, 2.24) is 4.57 Å². The predicted octanol–water partition coefficient (Wildman–Crippen LogP) is 3.68. The molecule has 2 aromatic heterocycles. The van der Waals surface area contributed by atoms with E-state index in [9.17, 15) is 4.79 Å². The third-order valence-electron chi connectivity index (χ3n) is 5.52. The van der Waals surface area contributed by atoms with E-state index in [4.69, 9.17) is 9.47 Å². The zero-order chi connectivity index (χ0) is 20.4. The molecule has 0 fully saturated rings. The Balaban J connectivity index is 1.48. The number of benzene rings is 1. The topological polar surface area (TPSA) is 44.3 Å². The molecule has 1 aliphatic rings. The molecular weight excluding hydrogens is 364 g/mol. The molecule has 0 saturated carbocycles. The van der Waals surface area contributed by atoms with Crippen molar-refractivity contribution in [1.29, 1.82) is 0 Å². The Bertz CT molecular complexity index is 1020. The first-order valence-electron chi connectivity index (χ1n) is 10.1. The van der Waals surface area contributed by atoms with Crippen molar-refractivity contribution in [3.8, 4) is 11.5 Å². The van der Waals surface area contributed by atoms with E-state index >= 15 is 0 Å². The molecule has 0 radical (unpaired) electrons. The van der Waals surface area contributed by atoms with E-state index in [1.807, 2.05) is 61.1 Å². The number of carbonyl (C=O) groups excluding carboxylic acids is 1. The van der Waals surface area contributed by atoms with Gasteiger partial charge in [-0.15, -0.1) is 0 Å². The summed E-state index contributed by atoms with van der Waals surface area (Å²) in [4.78, 5) is 12.9. The molecule has 150 valence electrons. The zero-order valence-electron chi connectivity index (χ0n) is 17.2. The number of nitrogens with zero attached hydrogens (tertiary/aromatic N) is 2. The van der Waals surface area contributed by atoms with Crippen LogP contribution in [-0.4, -0.2) is 23.1 Å². The van der Waals surface area contributed by atoms with Crippen LogP contribution < -0.4 is 14.0 Å². The highest BCUT2D eigenvalue weighted by Gasteiger charge is 2.24. The lowest BCUT2D eigenvalue weighted by Gasteiger charge is -2.27. The number of ether oxygens (including phenoxy) is 2. The first kappa shape index (κ1) is 19.2. The van der Waals surface area contributed by atoms with E-state index in [0.717, 1.165) is 34.9 Å². The molecule has 3 heterocycles. The Labute approximate surface area is 171 Å². The normalized spacial score (nSPS) is 15.3. The third-order valence-corrected chi connectivity index (χ3v) is 5.52. The SMILES string of the molecule is CCc1cc[n+](CC(=O)c2cc(C)n(C[C@H]3COc4ccccc4O3)c2C)cc1. The van der Waals surface area contributed by atoms with Gasteiger partial charge in [0.25, 0.3) is 0 Å². The van der Waals surface area contributed by atoms with Crippen LogP contribution in [0.4, 0.5) is 0 Å². The summed E-state index contributed by atoms with van der Waals surface area (Å²) in [6.07, 6.45) is 4.85. The Morgan fingerprint density at radius 3 is 2.59 bits per heavy atom. The van der Waals surface area contributed by atoms with Crippen molar-refractivity contribution in [2.45, 2.75) is 46.4 Å². The number of ketones is 1. The van der Waals surface area contributed by atoms with Gasteiger partial charge in [-0.25, -0.2) is 0 Å². The largest absolute Gasteiger partial charge is 0.486 e. The number of hydrogen-bond acceptors (Lipinski definition) is 3. The highest BCUT2D eigenvalue weighted by Crippen LogP contribution is 2.31. The van der Waals surface area contributed by atoms with Gasteiger partial charge in [0, 0.05) is 29.1 Å². The molecule has 0 saturated heterocycles. The highest BCUT2D eigenvalue weighted by molar-refractivity contribution is 5.96. The molecule has 0 aliphatic carbocycles. The molecule has 3 aromatic rings. The molecule has 0 N–H and O–H groups in total. The number of aromatic nitrogens is 2. The highest BCUT2D eigenvalue weighted by atomic mass is 16.6. The van der Waals surface area contributed by atoms with Crippen molar-refractivity contribution in [3.05, 3.63) is 77.4 Å². The van der Waals surface area contributed by atoms with Gasteiger partial charge in [-0.05, 0) is 44.0 Å². The van der Waals surface area contributed by atoms with Crippen LogP contribution in [0.15, 0.2) is 54.9 Å². The average Bonchev–Trinajstić information content (AvgIpc) is 3.02. The summed E-state index contributed by atoms with van der Waals surface area (Å²) in [6.45, 7) is 7.64. The van der Waals surface area contributed by atoms with Crippen molar-refractivity contribution in [2.75, 3.05) is 6.61 Å². The minimum atomic E-state index is -0.0892. The summed E-state index contributed by atoms with van der Waals surface area (Å²) >= 11 is 0. The summed E-state index contributed by atoms with van der Waals surface area (Å²) in [6, 6.07) is 13.8. The van der Waals surface area contributed by atoms with Crippen LogP contribution in [0, 0.1) is 13.8 Å². The Hall–Kier alpha value is -3.08. The molecule has 0 bridgehead atoms. The van der Waals surface area contributed by atoms with Gasteiger partial charge in [0.05, 0.1) is 6.54 Å². The summed E-state index contributed by atoms with van der Waals surface area (Å²) in [5.74, 6) is 1.67. The molecule has 29 heavy (non-hydrogen) atoms. The standard InChI is InChI=1S/C24H27N2O3/c1-4-19-9-11-25(12-10-19)15-22(27)21-13-17(2)26(18(21)3)14-20-16-28-23-7-5-6-8-24(23)29-20/h5-13,20H,4,14-16H2,1-3H3/q+1/t20-/m0/s1. The predicted molar refractivity (Wildman–Crippen MR) is 111 cm³/mol. The third kappa shape index (κ3) is 4.04.